The van der Waals surface area contributed by atoms with Crippen LogP contribution in [0.3, 0.4) is 0 Å². The SMILES string of the molecule is CCN(CC)CCN(C(=O)c1ccc(C)cc1)c1nc2cc(C)c(C)cc2s1.Cl. The second-order valence-electron chi connectivity index (χ2n) is 7.25. The molecule has 1 amide bonds. The molecule has 0 bridgehead atoms. The molecule has 0 N–H and O–H groups in total. The van der Waals surface area contributed by atoms with Crippen molar-refractivity contribution < 1.29 is 4.79 Å². The van der Waals surface area contributed by atoms with Crippen LogP contribution in [0.1, 0.15) is 40.9 Å². The Labute approximate surface area is 184 Å². The van der Waals surface area contributed by atoms with Gasteiger partial charge in [0.05, 0.1) is 10.2 Å². The van der Waals surface area contributed by atoms with Crippen LogP contribution in [0.5, 0.6) is 0 Å². The number of aromatic nitrogens is 1. The Morgan fingerprint density at radius 2 is 1.59 bits per heavy atom. The van der Waals surface area contributed by atoms with E-state index in [-0.39, 0.29) is 18.3 Å². The normalized spacial score (nSPS) is 11.0. The van der Waals surface area contributed by atoms with Crippen LogP contribution in [0, 0.1) is 20.8 Å². The Morgan fingerprint density at radius 3 is 2.21 bits per heavy atom. The topological polar surface area (TPSA) is 36.4 Å². The van der Waals surface area contributed by atoms with E-state index < -0.39 is 0 Å². The molecule has 0 atom stereocenters. The molecule has 0 spiro atoms. The van der Waals surface area contributed by atoms with Crippen LogP contribution in [0.2, 0.25) is 0 Å². The van der Waals surface area contributed by atoms with Crippen LogP contribution < -0.4 is 4.90 Å². The van der Waals surface area contributed by atoms with Crippen molar-refractivity contribution in [3.05, 3.63) is 58.7 Å². The first-order valence-electron chi connectivity index (χ1n) is 9.91. The van der Waals surface area contributed by atoms with Crippen molar-refractivity contribution in [3.8, 4) is 0 Å². The van der Waals surface area contributed by atoms with E-state index in [4.69, 9.17) is 4.98 Å². The highest BCUT2D eigenvalue weighted by Gasteiger charge is 2.22. The van der Waals surface area contributed by atoms with Gasteiger partial charge in [0, 0.05) is 18.7 Å². The maximum atomic E-state index is 13.3. The number of hydrogen-bond donors (Lipinski definition) is 0. The summed E-state index contributed by atoms with van der Waals surface area (Å²) in [7, 11) is 0. The van der Waals surface area contributed by atoms with E-state index in [1.807, 2.05) is 36.1 Å². The lowest BCUT2D eigenvalue weighted by molar-refractivity contribution is 0.0984. The van der Waals surface area contributed by atoms with Crippen molar-refractivity contribution in [2.24, 2.45) is 0 Å². The molecule has 1 heterocycles. The zero-order chi connectivity index (χ0) is 20.3. The van der Waals surface area contributed by atoms with Gasteiger partial charge in [-0.15, -0.1) is 12.4 Å². The van der Waals surface area contributed by atoms with Crippen molar-refractivity contribution in [3.63, 3.8) is 0 Å². The fourth-order valence-electron chi connectivity index (χ4n) is 3.20. The van der Waals surface area contributed by atoms with Gasteiger partial charge < -0.3 is 4.90 Å². The second-order valence-corrected chi connectivity index (χ2v) is 8.26. The van der Waals surface area contributed by atoms with E-state index in [0.717, 1.165) is 40.5 Å². The molecule has 1 aromatic heterocycles. The summed E-state index contributed by atoms with van der Waals surface area (Å²) in [6.45, 7) is 14.0. The van der Waals surface area contributed by atoms with Crippen LogP contribution >= 0.6 is 23.7 Å². The smallest absolute Gasteiger partial charge is 0.260 e. The number of halogens is 1. The third-order valence-corrected chi connectivity index (χ3v) is 6.34. The van der Waals surface area contributed by atoms with E-state index >= 15 is 0 Å². The van der Waals surface area contributed by atoms with Gasteiger partial charge >= 0.3 is 0 Å². The maximum Gasteiger partial charge on any atom is 0.260 e. The van der Waals surface area contributed by atoms with E-state index in [0.29, 0.717) is 12.1 Å². The third kappa shape index (κ3) is 5.35. The summed E-state index contributed by atoms with van der Waals surface area (Å²) in [5.74, 6) is 0.0136. The molecule has 3 rings (SSSR count). The molecule has 156 valence electrons. The Hall–Kier alpha value is -1.95. The van der Waals surface area contributed by atoms with Gasteiger partial charge in [-0.25, -0.2) is 4.98 Å². The molecule has 0 unspecified atom stereocenters. The van der Waals surface area contributed by atoms with Crippen molar-refractivity contribution in [1.29, 1.82) is 0 Å². The maximum absolute atomic E-state index is 13.3. The Kier molecular flexibility index (Phi) is 8.20. The average molecular weight is 432 g/mol. The molecular weight excluding hydrogens is 402 g/mol. The summed E-state index contributed by atoms with van der Waals surface area (Å²) in [5.41, 5.74) is 5.30. The summed E-state index contributed by atoms with van der Waals surface area (Å²) < 4.78 is 1.13. The van der Waals surface area contributed by atoms with Gasteiger partial charge in [-0.1, -0.05) is 42.9 Å². The summed E-state index contributed by atoms with van der Waals surface area (Å²) in [4.78, 5) is 22.3. The van der Waals surface area contributed by atoms with Gasteiger partial charge in [0.25, 0.3) is 5.91 Å². The molecule has 2 aromatic carbocycles. The van der Waals surface area contributed by atoms with Crippen molar-refractivity contribution in [1.82, 2.24) is 9.88 Å². The molecule has 4 nitrogen and oxygen atoms in total. The standard InChI is InChI=1S/C23H29N3OS.ClH/c1-6-25(7-2)12-13-26(22(27)19-10-8-16(3)9-11-19)23-24-20-14-17(4)18(5)15-21(20)28-23;/h8-11,14-15H,6-7,12-13H2,1-5H3;1H. The number of benzene rings is 2. The fourth-order valence-corrected chi connectivity index (χ4v) is 4.27. The highest BCUT2D eigenvalue weighted by molar-refractivity contribution is 7.22. The number of thiazole rings is 1. The molecule has 0 radical (unpaired) electrons. The number of carbonyl (C=O) groups is 1. The summed E-state index contributed by atoms with van der Waals surface area (Å²) >= 11 is 1.60. The van der Waals surface area contributed by atoms with Crippen LogP contribution in [0.25, 0.3) is 10.2 Å². The van der Waals surface area contributed by atoms with E-state index in [1.54, 1.807) is 11.3 Å². The predicted molar refractivity (Wildman–Crippen MR) is 127 cm³/mol. The number of nitrogens with zero attached hydrogens (tertiary/aromatic N) is 3. The first-order valence-corrected chi connectivity index (χ1v) is 10.7. The molecule has 6 heteroatoms. The van der Waals surface area contributed by atoms with Crippen LogP contribution in [-0.2, 0) is 0 Å². The highest BCUT2D eigenvalue weighted by Crippen LogP contribution is 2.31. The van der Waals surface area contributed by atoms with Crippen molar-refractivity contribution >= 4 is 45.0 Å². The van der Waals surface area contributed by atoms with E-state index in [2.05, 4.69) is 44.7 Å². The fraction of sp³-hybridized carbons (Fsp3) is 0.391. The molecule has 29 heavy (non-hydrogen) atoms. The van der Waals surface area contributed by atoms with Crippen LogP contribution in [-0.4, -0.2) is 42.0 Å². The predicted octanol–water partition coefficient (Wildman–Crippen LogP) is 5.63. The molecule has 0 aliphatic carbocycles. The van der Waals surface area contributed by atoms with Crippen LogP contribution in [0.4, 0.5) is 5.13 Å². The first-order chi connectivity index (χ1) is 13.4. The minimum absolute atomic E-state index is 0. The number of hydrogen-bond acceptors (Lipinski definition) is 4. The lowest BCUT2D eigenvalue weighted by Gasteiger charge is -2.24. The van der Waals surface area contributed by atoms with Gasteiger partial charge in [0.15, 0.2) is 5.13 Å². The Morgan fingerprint density at radius 1 is 0.966 bits per heavy atom. The molecule has 3 aromatic rings. The minimum atomic E-state index is 0. The second kappa shape index (κ2) is 10.2. The third-order valence-electron chi connectivity index (χ3n) is 5.30. The monoisotopic (exact) mass is 431 g/mol. The number of carbonyl (C=O) groups excluding carboxylic acids is 1. The highest BCUT2D eigenvalue weighted by atomic mass is 35.5. The molecular formula is C23H30ClN3OS. The van der Waals surface area contributed by atoms with E-state index in [9.17, 15) is 4.79 Å². The van der Waals surface area contributed by atoms with Gasteiger partial charge in [0.2, 0.25) is 0 Å². The molecule has 0 saturated heterocycles. The summed E-state index contributed by atoms with van der Waals surface area (Å²) in [6, 6.07) is 12.1. The number of likely N-dealkylation sites (N-methyl/N-ethyl adjacent to an activating group) is 1. The van der Waals surface area contributed by atoms with Crippen LogP contribution in [0.15, 0.2) is 36.4 Å². The van der Waals surface area contributed by atoms with Crippen molar-refractivity contribution in [2.45, 2.75) is 34.6 Å². The number of aryl methyl sites for hydroxylation is 3. The van der Waals surface area contributed by atoms with Gasteiger partial charge in [-0.2, -0.15) is 0 Å². The first kappa shape index (κ1) is 23.3. The van der Waals surface area contributed by atoms with Gasteiger partial charge in [-0.05, 0) is 69.3 Å². The lowest BCUT2D eigenvalue weighted by atomic mass is 10.1. The Bertz CT molecular complexity index is 925. The summed E-state index contributed by atoms with van der Waals surface area (Å²) in [6.07, 6.45) is 0. The number of anilines is 1. The average Bonchev–Trinajstić information content (AvgIpc) is 3.08. The quantitative estimate of drug-likeness (QED) is 0.486. The Balaban J connectivity index is 0.00000300. The summed E-state index contributed by atoms with van der Waals surface area (Å²) in [5, 5.41) is 0.776. The molecule has 0 fully saturated rings. The van der Waals surface area contributed by atoms with E-state index in [1.165, 1.54) is 11.1 Å². The molecule has 0 saturated carbocycles. The number of rotatable bonds is 7. The largest absolute Gasteiger partial charge is 0.302 e. The zero-order valence-corrected chi connectivity index (χ0v) is 19.5. The number of fused-ring (bicyclic) bond motifs is 1. The number of amides is 1. The van der Waals surface area contributed by atoms with Gasteiger partial charge in [-0.3, -0.25) is 9.69 Å². The minimum Gasteiger partial charge on any atom is -0.302 e. The van der Waals surface area contributed by atoms with Gasteiger partial charge in [0.1, 0.15) is 0 Å². The lowest BCUT2D eigenvalue weighted by Crippen LogP contribution is -2.38. The zero-order valence-electron chi connectivity index (χ0n) is 17.9. The van der Waals surface area contributed by atoms with Crippen molar-refractivity contribution in [2.75, 3.05) is 31.1 Å². The molecule has 0 aliphatic heterocycles. The molecule has 0 aliphatic rings.